The Kier molecular flexibility index (Phi) is 6.42. The van der Waals surface area contributed by atoms with E-state index in [0.29, 0.717) is 22.2 Å². The second-order valence-electron chi connectivity index (χ2n) is 4.91. The van der Waals surface area contributed by atoms with Crippen molar-refractivity contribution >= 4 is 17.5 Å². The summed E-state index contributed by atoms with van der Waals surface area (Å²) in [4.78, 5) is 11.8. The number of amides is 1. The minimum absolute atomic E-state index is 0.0600. The minimum Gasteiger partial charge on any atom is -0.497 e. The molecule has 1 atom stereocenters. The second-order valence-corrected chi connectivity index (χ2v) is 5.32. The number of methoxy groups -OCH3 is 1. The zero-order chi connectivity index (χ0) is 17.5. The highest BCUT2D eigenvalue weighted by molar-refractivity contribution is 6.32. The number of halogens is 1. The van der Waals surface area contributed by atoms with Gasteiger partial charge in [0.05, 0.1) is 30.5 Å². The lowest BCUT2D eigenvalue weighted by Gasteiger charge is -2.08. The lowest BCUT2D eigenvalue weighted by atomic mass is 10.3. The zero-order valence-electron chi connectivity index (χ0n) is 13.0. The molecule has 0 saturated heterocycles. The number of aromatic nitrogens is 2. The van der Waals surface area contributed by atoms with E-state index in [0.717, 1.165) is 0 Å². The van der Waals surface area contributed by atoms with Crippen LogP contribution in [0.2, 0.25) is 5.02 Å². The number of carbonyl (C=O) groups excluding carboxylic acids is 1. The van der Waals surface area contributed by atoms with Crippen LogP contribution in [0.4, 0.5) is 0 Å². The minimum atomic E-state index is -1.01. The standard InChI is InChI=1S/C15H18ClN3O5/c1-23-11-2-3-14(12(16)5-11)24-8-9-4-13(19-18-9)15(22)17-6-10(21)7-20/h2-5,10,20-21H,6-8H2,1H3,(H,17,22)(H,18,19)/t10-/m0/s1. The summed E-state index contributed by atoms with van der Waals surface area (Å²) < 4.78 is 10.6. The first-order valence-electron chi connectivity index (χ1n) is 7.11. The third kappa shape index (κ3) is 4.85. The van der Waals surface area contributed by atoms with Crippen molar-refractivity contribution in [1.82, 2.24) is 15.5 Å². The van der Waals surface area contributed by atoms with Crippen molar-refractivity contribution in [2.75, 3.05) is 20.3 Å². The van der Waals surface area contributed by atoms with Crippen molar-refractivity contribution in [2.24, 2.45) is 0 Å². The quantitative estimate of drug-likeness (QED) is 0.554. The van der Waals surface area contributed by atoms with Gasteiger partial charge in [-0.25, -0.2) is 0 Å². The molecule has 0 radical (unpaired) electrons. The Morgan fingerprint density at radius 1 is 1.46 bits per heavy atom. The van der Waals surface area contributed by atoms with Crippen LogP contribution in [0.25, 0.3) is 0 Å². The highest BCUT2D eigenvalue weighted by Crippen LogP contribution is 2.29. The molecule has 8 nitrogen and oxygen atoms in total. The third-order valence-electron chi connectivity index (χ3n) is 3.09. The van der Waals surface area contributed by atoms with Gasteiger partial charge >= 0.3 is 0 Å². The fourth-order valence-electron chi connectivity index (χ4n) is 1.80. The van der Waals surface area contributed by atoms with Crippen LogP contribution in [-0.2, 0) is 6.61 Å². The van der Waals surface area contributed by atoms with Crippen LogP contribution in [0.5, 0.6) is 11.5 Å². The van der Waals surface area contributed by atoms with E-state index < -0.39 is 18.6 Å². The van der Waals surface area contributed by atoms with Gasteiger partial charge in [-0.3, -0.25) is 9.89 Å². The molecule has 0 saturated carbocycles. The monoisotopic (exact) mass is 355 g/mol. The maximum atomic E-state index is 11.8. The highest BCUT2D eigenvalue weighted by Gasteiger charge is 2.12. The van der Waals surface area contributed by atoms with Gasteiger partial charge in [0.1, 0.15) is 23.8 Å². The van der Waals surface area contributed by atoms with Crippen molar-refractivity contribution < 1.29 is 24.5 Å². The van der Waals surface area contributed by atoms with E-state index in [1.807, 2.05) is 0 Å². The lowest BCUT2D eigenvalue weighted by Crippen LogP contribution is -2.34. The van der Waals surface area contributed by atoms with Gasteiger partial charge in [-0.05, 0) is 18.2 Å². The number of aromatic amines is 1. The maximum Gasteiger partial charge on any atom is 0.271 e. The first-order chi connectivity index (χ1) is 11.5. The Balaban J connectivity index is 1.90. The molecule has 0 aliphatic heterocycles. The van der Waals surface area contributed by atoms with E-state index in [9.17, 15) is 9.90 Å². The number of ether oxygens (including phenoxy) is 2. The van der Waals surface area contributed by atoms with E-state index in [1.165, 1.54) is 6.07 Å². The number of rotatable bonds is 8. The Morgan fingerprint density at radius 2 is 2.25 bits per heavy atom. The van der Waals surface area contributed by atoms with Crippen LogP contribution in [-0.4, -0.2) is 52.7 Å². The fourth-order valence-corrected chi connectivity index (χ4v) is 2.02. The van der Waals surface area contributed by atoms with Gasteiger partial charge in [-0.2, -0.15) is 5.10 Å². The average molecular weight is 356 g/mol. The van der Waals surface area contributed by atoms with Crippen molar-refractivity contribution in [3.8, 4) is 11.5 Å². The van der Waals surface area contributed by atoms with Gasteiger partial charge in [-0.1, -0.05) is 11.6 Å². The second kappa shape index (κ2) is 8.53. The molecule has 1 heterocycles. The molecule has 130 valence electrons. The van der Waals surface area contributed by atoms with Crippen LogP contribution in [0.1, 0.15) is 16.2 Å². The number of aliphatic hydroxyl groups excluding tert-OH is 2. The smallest absolute Gasteiger partial charge is 0.271 e. The Labute approximate surface area is 143 Å². The molecule has 0 unspecified atom stereocenters. The molecule has 0 fully saturated rings. The number of hydrogen-bond donors (Lipinski definition) is 4. The van der Waals surface area contributed by atoms with Crippen LogP contribution in [0.15, 0.2) is 24.3 Å². The topological polar surface area (TPSA) is 117 Å². The number of nitrogens with one attached hydrogen (secondary N) is 2. The van der Waals surface area contributed by atoms with Crippen molar-refractivity contribution in [2.45, 2.75) is 12.7 Å². The molecule has 0 aliphatic carbocycles. The number of benzene rings is 1. The summed E-state index contributed by atoms with van der Waals surface area (Å²) in [6.45, 7) is -0.344. The van der Waals surface area contributed by atoms with Crippen LogP contribution < -0.4 is 14.8 Å². The van der Waals surface area contributed by atoms with E-state index in [4.69, 9.17) is 26.2 Å². The SMILES string of the molecule is COc1ccc(OCc2cc(C(=O)NC[C@H](O)CO)n[nH]2)c(Cl)c1. The molecule has 1 aromatic carbocycles. The molecule has 1 amide bonds. The van der Waals surface area contributed by atoms with Crippen LogP contribution in [0.3, 0.4) is 0 Å². The van der Waals surface area contributed by atoms with Gasteiger partial charge in [0.2, 0.25) is 0 Å². The summed E-state index contributed by atoms with van der Waals surface area (Å²) in [6.07, 6.45) is -1.01. The zero-order valence-corrected chi connectivity index (χ0v) is 13.7. The van der Waals surface area contributed by atoms with Crippen LogP contribution >= 0.6 is 11.6 Å². The molecule has 0 aliphatic rings. The van der Waals surface area contributed by atoms with Crippen molar-refractivity contribution in [1.29, 1.82) is 0 Å². The van der Waals surface area contributed by atoms with E-state index in [1.54, 1.807) is 25.3 Å². The summed E-state index contributed by atoms with van der Waals surface area (Å²) >= 11 is 6.08. The van der Waals surface area contributed by atoms with E-state index in [2.05, 4.69) is 15.5 Å². The van der Waals surface area contributed by atoms with Gasteiger partial charge in [-0.15, -0.1) is 0 Å². The van der Waals surface area contributed by atoms with Gasteiger partial charge in [0.25, 0.3) is 5.91 Å². The lowest BCUT2D eigenvalue weighted by molar-refractivity contribution is 0.0798. The van der Waals surface area contributed by atoms with Crippen LogP contribution in [0, 0.1) is 0 Å². The molecule has 2 aromatic rings. The van der Waals surface area contributed by atoms with E-state index >= 15 is 0 Å². The Morgan fingerprint density at radius 3 is 2.92 bits per heavy atom. The van der Waals surface area contributed by atoms with Gasteiger partial charge in [0.15, 0.2) is 0 Å². The molecule has 4 N–H and O–H groups in total. The average Bonchev–Trinajstić information content (AvgIpc) is 3.07. The number of nitrogens with zero attached hydrogens (tertiary/aromatic N) is 1. The van der Waals surface area contributed by atoms with Crippen molar-refractivity contribution in [3.63, 3.8) is 0 Å². The Hall–Kier alpha value is -2.29. The Bertz CT molecular complexity index is 691. The van der Waals surface area contributed by atoms with Gasteiger partial charge < -0.3 is 25.0 Å². The van der Waals surface area contributed by atoms with Gasteiger partial charge in [0, 0.05) is 12.6 Å². The summed E-state index contributed by atoms with van der Waals surface area (Å²) in [5.41, 5.74) is 0.731. The highest BCUT2D eigenvalue weighted by atomic mass is 35.5. The predicted molar refractivity (Wildman–Crippen MR) is 86.3 cm³/mol. The summed E-state index contributed by atoms with van der Waals surface area (Å²) in [6, 6.07) is 6.56. The fraction of sp³-hybridized carbons (Fsp3) is 0.333. The third-order valence-corrected chi connectivity index (χ3v) is 3.39. The number of carbonyl (C=O) groups is 1. The normalized spacial score (nSPS) is 11.8. The first-order valence-corrected chi connectivity index (χ1v) is 7.49. The largest absolute Gasteiger partial charge is 0.497 e. The molecule has 24 heavy (non-hydrogen) atoms. The predicted octanol–water partition coefficient (Wildman–Crippen LogP) is 0.734. The number of hydrogen-bond acceptors (Lipinski definition) is 6. The molecular weight excluding hydrogens is 338 g/mol. The van der Waals surface area contributed by atoms with Crippen molar-refractivity contribution in [3.05, 3.63) is 40.7 Å². The molecule has 0 bridgehead atoms. The molecule has 9 heteroatoms. The maximum absolute atomic E-state index is 11.8. The molecule has 1 aromatic heterocycles. The summed E-state index contributed by atoms with van der Waals surface area (Å²) in [5, 5.41) is 27.3. The number of aliphatic hydroxyl groups is 2. The summed E-state index contributed by atoms with van der Waals surface area (Å²) in [5.74, 6) is 0.634. The molecule has 2 rings (SSSR count). The number of H-pyrrole nitrogens is 1. The first kappa shape index (κ1) is 18.1. The molecule has 0 spiro atoms. The summed E-state index contributed by atoms with van der Waals surface area (Å²) in [7, 11) is 1.54. The van der Waals surface area contributed by atoms with E-state index in [-0.39, 0.29) is 18.8 Å². The molecular formula is C15H18ClN3O5.